The van der Waals surface area contributed by atoms with Gasteiger partial charge in [-0.25, -0.2) is 4.98 Å². The summed E-state index contributed by atoms with van der Waals surface area (Å²) in [7, 11) is 0. The lowest BCUT2D eigenvalue weighted by molar-refractivity contribution is -0.117. The summed E-state index contributed by atoms with van der Waals surface area (Å²) in [6.45, 7) is 2.24. The van der Waals surface area contributed by atoms with E-state index in [1.54, 1.807) is 36.2 Å². The molecule has 2 aromatic heterocycles. The molecule has 6 nitrogen and oxygen atoms in total. The van der Waals surface area contributed by atoms with Crippen LogP contribution >= 0.6 is 11.6 Å². The molecule has 2 heterocycles. The van der Waals surface area contributed by atoms with Gasteiger partial charge in [0, 0.05) is 25.2 Å². The highest BCUT2D eigenvalue weighted by molar-refractivity contribution is 6.34. The first-order valence-corrected chi connectivity index (χ1v) is 10.7. The van der Waals surface area contributed by atoms with Gasteiger partial charge in [0.15, 0.2) is 0 Å². The van der Waals surface area contributed by atoms with Gasteiger partial charge in [-0.05, 0) is 54.7 Å². The minimum Gasteiger partial charge on any atom is -0.324 e. The van der Waals surface area contributed by atoms with Crippen LogP contribution in [0.2, 0.25) is 5.02 Å². The highest BCUT2D eigenvalue weighted by Crippen LogP contribution is 2.35. The average Bonchev–Trinajstić information content (AvgIpc) is 3.59. The van der Waals surface area contributed by atoms with Crippen molar-refractivity contribution in [2.75, 3.05) is 16.8 Å². The largest absolute Gasteiger partial charge is 0.324 e. The summed E-state index contributed by atoms with van der Waals surface area (Å²) in [6.07, 6.45) is 5.27. The highest BCUT2D eigenvalue weighted by atomic mass is 35.5. The van der Waals surface area contributed by atoms with Gasteiger partial charge in [-0.3, -0.25) is 14.6 Å². The molecule has 0 aliphatic heterocycles. The molecule has 3 aromatic rings. The molecule has 4 rings (SSSR count). The Hall–Kier alpha value is -3.32. The van der Waals surface area contributed by atoms with Crippen molar-refractivity contribution in [3.63, 3.8) is 0 Å². The third kappa shape index (κ3) is 5.48. The number of carbonyl (C=O) groups excluding carboxylic acids is 2. The monoisotopic (exact) mass is 452 g/mol. The molecule has 8 heteroatoms. The molecular weight excluding hydrogens is 431 g/mol. The fourth-order valence-corrected chi connectivity index (χ4v) is 3.66. The zero-order valence-electron chi connectivity index (χ0n) is 17.5. The molecule has 0 unspecified atom stereocenters. The van der Waals surface area contributed by atoms with Crippen LogP contribution in [0, 0.1) is 11.9 Å². The summed E-state index contributed by atoms with van der Waals surface area (Å²) >= 11 is 6.50. The van der Waals surface area contributed by atoms with E-state index in [0.717, 1.165) is 18.4 Å². The van der Waals surface area contributed by atoms with Crippen LogP contribution < -0.4 is 10.2 Å². The summed E-state index contributed by atoms with van der Waals surface area (Å²) < 4.78 is 12.9. The van der Waals surface area contributed by atoms with Crippen molar-refractivity contribution in [2.45, 2.75) is 26.2 Å². The Labute approximate surface area is 190 Å². The van der Waals surface area contributed by atoms with E-state index < -0.39 is 5.95 Å². The van der Waals surface area contributed by atoms with Crippen LogP contribution in [-0.4, -0.2) is 28.3 Å². The summed E-state index contributed by atoms with van der Waals surface area (Å²) in [5.74, 6) is -0.307. The Kier molecular flexibility index (Phi) is 6.46. The summed E-state index contributed by atoms with van der Waals surface area (Å²) in [4.78, 5) is 34.0. The summed E-state index contributed by atoms with van der Waals surface area (Å²) in [5.41, 5.74) is 3.36. The number of anilines is 2. The molecule has 0 spiro atoms. The molecule has 32 heavy (non-hydrogen) atoms. The van der Waals surface area contributed by atoms with Crippen LogP contribution in [0.1, 0.15) is 25.3 Å². The molecule has 164 valence electrons. The normalized spacial score (nSPS) is 13.0. The van der Waals surface area contributed by atoms with Crippen molar-refractivity contribution in [3.8, 4) is 11.3 Å². The van der Waals surface area contributed by atoms with Gasteiger partial charge in [0.25, 0.3) is 0 Å². The minimum atomic E-state index is -0.584. The van der Waals surface area contributed by atoms with Crippen LogP contribution in [0.25, 0.3) is 11.3 Å². The molecule has 2 amide bonds. The third-order valence-electron chi connectivity index (χ3n) is 5.25. The lowest BCUT2D eigenvalue weighted by Crippen LogP contribution is -2.30. The number of rotatable bonds is 7. The molecule has 1 aliphatic carbocycles. The second-order valence-corrected chi connectivity index (χ2v) is 8.29. The zero-order chi connectivity index (χ0) is 22.7. The molecular formula is C24H22ClFN4O2. The first-order valence-electron chi connectivity index (χ1n) is 10.3. The number of amides is 2. The molecule has 0 radical (unpaired) electrons. The van der Waals surface area contributed by atoms with Crippen molar-refractivity contribution < 1.29 is 14.0 Å². The van der Waals surface area contributed by atoms with E-state index in [-0.39, 0.29) is 18.2 Å². The third-order valence-corrected chi connectivity index (χ3v) is 5.56. The molecule has 1 saturated carbocycles. The Morgan fingerprint density at radius 3 is 2.53 bits per heavy atom. The lowest BCUT2D eigenvalue weighted by atomic mass is 10.1. The van der Waals surface area contributed by atoms with Crippen molar-refractivity contribution in [3.05, 3.63) is 71.4 Å². The van der Waals surface area contributed by atoms with Crippen LogP contribution in [0.3, 0.4) is 0 Å². The molecule has 0 bridgehead atoms. The van der Waals surface area contributed by atoms with E-state index in [2.05, 4.69) is 15.3 Å². The molecule has 1 aromatic carbocycles. The van der Waals surface area contributed by atoms with Gasteiger partial charge in [0.2, 0.25) is 17.8 Å². The second kappa shape index (κ2) is 9.44. The fraction of sp³-hybridized carbons (Fsp3) is 0.250. The molecule has 1 aliphatic rings. The molecule has 1 fully saturated rings. The average molecular weight is 453 g/mol. The first kappa shape index (κ1) is 21.9. The van der Waals surface area contributed by atoms with Gasteiger partial charge < -0.3 is 10.2 Å². The van der Waals surface area contributed by atoms with Crippen molar-refractivity contribution in [2.24, 2.45) is 5.92 Å². The molecule has 1 N–H and O–H groups in total. The van der Waals surface area contributed by atoms with E-state index in [1.165, 1.54) is 18.3 Å². The van der Waals surface area contributed by atoms with Gasteiger partial charge in [0.05, 0.1) is 34.7 Å². The van der Waals surface area contributed by atoms with Gasteiger partial charge >= 0.3 is 0 Å². The number of halogens is 2. The number of nitrogens with one attached hydrogen (secondary N) is 1. The Balaban J connectivity index is 1.43. The Morgan fingerprint density at radius 2 is 1.94 bits per heavy atom. The lowest BCUT2D eigenvalue weighted by Gasteiger charge is -2.22. The first-order chi connectivity index (χ1) is 15.4. The topological polar surface area (TPSA) is 75.2 Å². The minimum absolute atomic E-state index is 0.0267. The maximum Gasteiger partial charge on any atom is 0.228 e. The maximum absolute atomic E-state index is 12.9. The SMILES string of the molecule is CC(=O)N(CC1CC1)c1ccc(-c2ccc(NC(=O)Cc3ccc(F)nc3)cn2)cc1Cl. The van der Waals surface area contributed by atoms with E-state index in [1.807, 2.05) is 12.1 Å². The quantitative estimate of drug-likeness (QED) is 0.518. The summed E-state index contributed by atoms with van der Waals surface area (Å²) in [5, 5.41) is 3.25. The number of hydrogen-bond donors (Lipinski definition) is 1. The smallest absolute Gasteiger partial charge is 0.228 e. The van der Waals surface area contributed by atoms with Crippen LogP contribution in [0.15, 0.2) is 54.9 Å². The van der Waals surface area contributed by atoms with Crippen molar-refractivity contribution in [1.29, 1.82) is 0 Å². The number of pyridine rings is 2. The fourth-order valence-electron chi connectivity index (χ4n) is 3.38. The second-order valence-electron chi connectivity index (χ2n) is 7.89. The Morgan fingerprint density at radius 1 is 1.12 bits per heavy atom. The number of hydrogen-bond acceptors (Lipinski definition) is 4. The van der Waals surface area contributed by atoms with Gasteiger partial charge in [-0.15, -0.1) is 0 Å². The van der Waals surface area contributed by atoms with Gasteiger partial charge in [-0.2, -0.15) is 4.39 Å². The molecule has 0 saturated heterocycles. The van der Waals surface area contributed by atoms with Gasteiger partial charge in [-0.1, -0.05) is 23.7 Å². The van der Waals surface area contributed by atoms with Crippen LogP contribution in [0.4, 0.5) is 15.8 Å². The van der Waals surface area contributed by atoms with E-state index in [4.69, 9.17) is 11.6 Å². The number of carbonyl (C=O) groups is 2. The molecule has 0 atom stereocenters. The number of benzene rings is 1. The van der Waals surface area contributed by atoms with E-state index in [0.29, 0.717) is 40.1 Å². The van der Waals surface area contributed by atoms with Crippen LogP contribution in [-0.2, 0) is 16.0 Å². The van der Waals surface area contributed by atoms with Crippen molar-refractivity contribution in [1.82, 2.24) is 9.97 Å². The van der Waals surface area contributed by atoms with Crippen LogP contribution in [0.5, 0.6) is 0 Å². The van der Waals surface area contributed by atoms with E-state index in [9.17, 15) is 14.0 Å². The zero-order valence-corrected chi connectivity index (χ0v) is 18.3. The van der Waals surface area contributed by atoms with Gasteiger partial charge in [0.1, 0.15) is 0 Å². The predicted molar refractivity (Wildman–Crippen MR) is 122 cm³/mol. The van der Waals surface area contributed by atoms with E-state index >= 15 is 0 Å². The Bertz CT molecular complexity index is 1130. The highest BCUT2D eigenvalue weighted by Gasteiger charge is 2.27. The number of nitrogens with zero attached hydrogens (tertiary/aromatic N) is 3. The standard InChI is InChI=1S/C24H22ClFN4O2/c1-15(31)30(14-16-2-3-16)22-8-5-18(11-20(22)25)21-7-6-19(13-27-21)29-24(32)10-17-4-9-23(26)28-12-17/h4-9,11-13,16H,2-3,10,14H2,1H3,(H,29,32). The van der Waals surface area contributed by atoms with Crippen molar-refractivity contribution >= 4 is 34.8 Å². The number of aromatic nitrogens is 2. The maximum atomic E-state index is 12.9. The predicted octanol–water partition coefficient (Wildman–Crippen LogP) is 4.88. The summed E-state index contributed by atoms with van der Waals surface area (Å²) in [6, 6.07) is 11.8.